The molecule has 2 aliphatic heterocycles. The summed E-state index contributed by atoms with van der Waals surface area (Å²) in [6.07, 6.45) is 7.11. The third-order valence-electron chi connectivity index (χ3n) is 6.09. The van der Waals surface area contributed by atoms with Crippen LogP contribution in [0.15, 0.2) is 24.3 Å². The molecule has 4 bridgehead atoms. The van der Waals surface area contributed by atoms with Gasteiger partial charge in [-0.2, -0.15) is 0 Å². The van der Waals surface area contributed by atoms with E-state index in [9.17, 15) is 4.79 Å². The Balaban J connectivity index is 1.40. The second-order valence-electron chi connectivity index (χ2n) is 7.93. The lowest BCUT2D eigenvalue weighted by molar-refractivity contribution is -0.133. The summed E-state index contributed by atoms with van der Waals surface area (Å²) in [6.45, 7) is 2.03. The fraction of sp³-hybridized carbons (Fsp3) is 0.650. The van der Waals surface area contributed by atoms with Gasteiger partial charge in [0.05, 0.1) is 6.42 Å². The molecule has 0 spiro atoms. The molecule has 2 N–H and O–H groups in total. The Morgan fingerprint density at radius 3 is 2.38 bits per heavy atom. The molecule has 4 heteroatoms. The molecule has 4 nitrogen and oxygen atoms in total. The van der Waals surface area contributed by atoms with Gasteiger partial charge in [-0.1, -0.05) is 12.1 Å². The van der Waals surface area contributed by atoms with Gasteiger partial charge in [0.1, 0.15) is 12.4 Å². The molecule has 2 unspecified atom stereocenters. The molecule has 4 atom stereocenters. The Kier molecular flexibility index (Phi) is 4.49. The van der Waals surface area contributed by atoms with E-state index in [1.54, 1.807) is 0 Å². The zero-order chi connectivity index (χ0) is 16.5. The summed E-state index contributed by atoms with van der Waals surface area (Å²) in [4.78, 5) is 15.1. The molecule has 0 aromatic heterocycles. The van der Waals surface area contributed by atoms with Gasteiger partial charge in [0.15, 0.2) is 0 Å². The third-order valence-corrected chi connectivity index (χ3v) is 6.09. The molecule has 0 radical (unpaired) electrons. The van der Waals surface area contributed by atoms with Crippen LogP contribution in [-0.4, -0.2) is 36.5 Å². The molecule has 2 saturated heterocycles. The first-order valence-electron chi connectivity index (χ1n) is 9.42. The van der Waals surface area contributed by atoms with Crippen LogP contribution in [0, 0.1) is 17.8 Å². The van der Waals surface area contributed by atoms with Gasteiger partial charge in [-0.15, -0.1) is 0 Å². The van der Waals surface area contributed by atoms with E-state index in [-0.39, 0.29) is 0 Å². The molecular weight excluding hydrogens is 300 g/mol. The van der Waals surface area contributed by atoms with Crippen molar-refractivity contribution in [3.63, 3.8) is 0 Å². The van der Waals surface area contributed by atoms with Crippen LogP contribution in [0.1, 0.15) is 37.7 Å². The average molecular weight is 328 g/mol. The van der Waals surface area contributed by atoms with Gasteiger partial charge in [-0.05, 0) is 67.6 Å². The van der Waals surface area contributed by atoms with Crippen LogP contribution in [0.5, 0.6) is 5.75 Å². The number of carbonyl (C=O) groups excluding carboxylic acids is 1. The van der Waals surface area contributed by atoms with Crippen LogP contribution in [0.25, 0.3) is 0 Å². The summed E-state index contributed by atoms with van der Waals surface area (Å²) in [7, 11) is 0. The maximum Gasteiger partial charge on any atom is 0.227 e. The zero-order valence-electron chi connectivity index (χ0n) is 14.3. The number of nitrogens with two attached hydrogens (primary N) is 1. The SMILES string of the molecule is NCCOc1ccc(CC(=O)N2CC3C[C@@H]4CC2C[C@H](C3)C4)cc1. The number of nitrogens with zero attached hydrogens (tertiary/aromatic N) is 1. The van der Waals surface area contributed by atoms with Crippen molar-refractivity contribution in [1.82, 2.24) is 4.90 Å². The molecule has 2 heterocycles. The van der Waals surface area contributed by atoms with E-state index in [0.717, 1.165) is 35.6 Å². The number of amides is 1. The molecule has 1 amide bonds. The number of hydrogen-bond donors (Lipinski definition) is 1. The highest BCUT2D eigenvalue weighted by atomic mass is 16.5. The molecule has 2 saturated carbocycles. The molecule has 5 rings (SSSR count). The van der Waals surface area contributed by atoms with Crippen molar-refractivity contribution in [2.45, 2.75) is 44.6 Å². The summed E-state index contributed by atoms with van der Waals surface area (Å²) >= 11 is 0. The lowest BCUT2D eigenvalue weighted by Gasteiger charge is -2.39. The van der Waals surface area contributed by atoms with E-state index < -0.39 is 0 Å². The Morgan fingerprint density at radius 2 is 1.71 bits per heavy atom. The monoisotopic (exact) mass is 328 g/mol. The summed E-state index contributed by atoms with van der Waals surface area (Å²) < 4.78 is 5.50. The van der Waals surface area contributed by atoms with Crippen molar-refractivity contribution in [3.8, 4) is 5.75 Å². The van der Waals surface area contributed by atoms with Gasteiger partial charge >= 0.3 is 0 Å². The standard InChI is InChI=1S/C20H28N2O2/c21-5-6-24-19-3-1-14(2-4-19)12-20(23)22-13-17-8-15-7-16(9-17)11-18(22)10-15/h1-4,15-18H,5-13,21H2/t15-,16+,17?,18?. The Labute approximate surface area is 144 Å². The van der Waals surface area contributed by atoms with Crippen molar-refractivity contribution in [3.05, 3.63) is 29.8 Å². The van der Waals surface area contributed by atoms with Gasteiger partial charge in [0.2, 0.25) is 5.91 Å². The van der Waals surface area contributed by atoms with Gasteiger partial charge in [0.25, 0.3) is 0 Å². The molecule has 1 aromatic carbocycles. The predicted molar refractivity (Wildman–Crippen MR) is 93.8 cm³/mol. The van der Waals surface area contributed by atoms with Crippen LogP contribution in [0.3, 0.4) is 0 Å². The highest BCUT2D eigenvalue weighted by molar-refractivity contribution is 5.79. The quantitative estimate of drug-likeness (QED) is 0.904. The molecule has 130 valence electrons. The van der Waals surface area contributed by atoms with Crippen LogP contribution in [0.2, 0.25) is 0 Å². The molecule has 4 aliphatic rings. The summed E-state index contributed by atoms with van der Waals surface area (Å²) in [5.41, 5.74) is 6.52. The van der Waals surface area contributed by atoms with Gasteiger partial charge in [0, 0.05) is 19.1 Å². The van der Waals surface area contributed by atoms with Gasteiger partial charge in [-0.25, -0.2) is 0 Å². The van der Waals surface area contributed by atoms with E-state index in [4.69, 9.17) is 10.5 Å². The Morgan fingerprint density at radius 1 is 1.04 bits per heavy atom. The van der Waals surface area contributed by atoms with E-state index in [2.05, 4.69) is 4.90 Å². The smallest absolute Gasteiger partial charge is 0.227 e. The second-order valence-corrected chi connectivity index (χ2v) is 7.93. The number of carbonyl (C=O) groups is 1. The second kappa shape index (κ2) is 6.75. The minimum atomic E-state index is 0.309. The molecular formula is C20H28N2O2. The third kappa shape index (κ3) is 3.30. The molecule has 2 aliphatic carbocycles. The minimum Gasteiger partial charge on any atom is -0.492 e. The van der Waals surface area contributed by atoms with Crippen LogP contribution < -0.4 is 10.5 Å². The Bertz CT molecular complexity index is 572. The van der Waals surface area contributed by atoms with E-state index in [1.807, 2.05) is 24.3 Å². The van der Waals surface area contributed by atoms with Crippen LogP contribution >= 0.6 is 0 Å². The Hall–Kier alpha value is -1.55. The number of benzene rings is 1. The highest BCUT2D eigenvalue weighted by Gasteiger charge is 2.43. The first-order chi connectivity index (χ1) is 11.7. The topological polar surface area (TPSA) is 55.6 Å². The lowest BCUT2D eigenvalue weighted by Crippen LogP contribution is -2.42. The van der Waals surface area contributed by atoms with Crippen molar-refractivity contribution in [1.29, 1.82) is 0 Å². The van der Waals surface area contributed by atoms with Gasteiger partial charge in [-0.3, -0.25) is 4.79 Å². The fourth-order valence-corrected chi connectivity index (χ4v) is 5.25. The summed E-state index contributed by atoms with van der Waals surface area (Å²) in [5.74, 6) is 3.64. The summed E-state index contributed by atoms with van der Waals surface area (Å²) in [5, 5.41) is 0. The van der Waals surface area contributed by atoms with E-state index >= 15 is 0 Å². The first-order valence-corrected chi connectivity index (χ1v) is 9.42. The van der Waals surface area contributed by atoms with Crippen LogP contribution in [0.4, 0.5) is 0 Å². The number of ether oxygens (including phenoxy) is 1. The van der Waals surface area contributed by atoms with Gasteiger partial charge < -0.3 is 15.4 Å². The minimum absolute atomic E-state index is 0.309. The maximum atomic E-state index is 12.9. The highest BCUT2D eigenvalue weighted by Crippen LogP contribution is 2.47. The molecule has 24 heavy (non-hydrogen) atoms. The average Bonchev–Trinajstić information content (AvgIpc) is 2.78. The van der Waals surface area contributed by atoms with Crippen molar-refractivity contribution < 1.29 is 9.53 Å². The first kappa shape index (κ1) is 15.9. The predicted octanol–water partition coefficient (Wildman–Crippen LogP) is 2.60. The van der Waals surface area contributed by atoms with Crippen LogP contribution in [-0.2, 0) is 11.2 Å². The van der Waals surface area contributed by atoms with Crippen molar-refractivity contribution in [2.24, 2.45) is 23.5 Å². The number of hydrogen-bond acceptors (Lipinski definition) is 3. The van der Waals surface area contributed by atoms with Crippen molar-refractivity contribution in [2.75, 3.05) is 19.7 Å². The molecule has 1 aromatic rings. The molecule has 4 fully saturated rings. The van der Waals surface area contributed by atoms with E-state index in [1.165, 1.54) is 32.1 Å². The zero-order valence-corrected chi connectivity index (χ0v) is 14.3. The lowest BCUT2D eigenvalue weighted by atomic mass is 9.68. The largest absolute Gasteiger partial charge is 0.492 e. The summed E-state index contributed by atoms with van der Waals surface area (Å²) in [6, 6.07) is 8.39. The number of rotatable bonds is 5. The van der Waals surface area contributed by atoms with Crippen molar-refractivity contribution >= 4 is 5.91 Å². The normalized spacial score (nSPS) is 31.1. The van der Waals surface area contributed by atoms with E-state index in [0.29, 0.717) is 31.5 Å². The fourth-order valence-electron chi connectivity index (χ4n) is 5.25. The number of fused-ring (bicyclic) bond motifs is 1. The maximum absolute atomic E-state index is 12.9.